The summed E-state index contributed by atoms with van der Waals surface area (Å²) in [6.45, 7) is 1.92. The first-order valence-electron chi connectivity index (χ1n) is 4.72. The summed E-state index contributed by atoms with van der Waals surface area (Å²) in [5, 5.41) is 11.4. The summed E-state index contributed by atoms with van der Waals surface area (Å²) in [5.74, 6) is 0.631. The van der Waals surface area contributed by atoms with E-state index in [0.29, 0.717) is 23.1 Å². The lowest BCUT2D eigenvalue weighted by atomic mass is 10.2. The number of aromatic nitrogens is 2. The van der Waals surface area contributed by atoms with Crippen LogP contribution < -0.4 is 0 Å². The molecule has 82 valence electrons. The fourth-order valence-corrected chi connectivity index (χ4v) is 1.64. The first-order valence-corrected chi connectivity index (χ1v) is 5.10. The van der Waals surface area contributed by atoms with E-state index in [9.17, 15) is 10.1 Å². The maximum Gasteiger partial charge on any atom is 0.270 e. The van der Waals surface area contributed by atoms with Gasteiger partial charge in [0.2, 0.25) is 0 Å². The van der Waals surface area contributed by atoms with Gasteiger partial charge in [0.15, 0.2) is 0 Å². The number of nitro benzene ring substituents is 1. The molecule has 0 amide bonds. The smallest absolute Gasteiger partial charge is 0.258 e. The molecule has 0 saturated carbocycles. The summed E-state index contributed by atoms with van der Waals surface area (Å²) < 4.78 is 0. The molecule has 0 saturated heterocycles. The van der Waals surface area contributed by atoms with Crippen molar-refractivity contribution in [2.24, 2.45) is 0 Å². The predicted molar refractivity (Wildman–Crippen MR) is 60.6 cm³/mol. The van der Waals surface area contributed by atoms with E-state index in [1.54, 1.807) is 6.07 Å². The van der Waals surface area contributed by atoms with Gasteiger partial charge in [-0.05, 0) is 6.07 Å². The molecule has 1 heterocycles. The molecule has 0 aliphatic heterocycles. The van der Waals surface area contributed by atoms with Gasteiger partial charge in [0.1, 0.15) is 11.0 Å². The summed E-state index contributed by atoms with van der Waals surface area (Å²) in [7, 11) is 0. The van der Waals surface area contributed by atoms with Gasteiger partial charge >= 0.3 is 0 Å². The Bertz CT molecular complexity index is 571. The van der Waals surface area contributed by atoms with E-state index in [4.69, 9.17) is 11.6 Å². The first-order chi connectivity index (χ1) is 7.61. The number of aryl methyl sites for hydroxylation is 1. The van der Waals surface area contributed by atoms with E-state index in [1.165, 1.54) is 12.1 Å². The Morgan fingerprint density at radius 1 is 1.44 bits per heavy atom. The van der Waals surface area contributed by atoms with Crippen LogP contribution in [-0.2, 0) is 6.42 Å². The molecule has 0 aliphatic rings. The highest BCUT2D eigenvalue weighted by Gasteiger charge is 2.10. The fraction of sp³-hybridized carbons (Fsp3) is 0.200. The number of rotatable bonds is 2. The van der Waals surface area contributed by atoms with Crippen molar-refractivity contribution >= 4 is 28.2 Å². The molecule has 0 bridgehead atoms. The molecule has 2 rings (SSSR count). The van der Waals surface area contributed by atoms with Crippen LogP contribution in [0.15, 0.2) is 18.2 Å². The van der Waals surface area contributed by atoms with Gasteiger partial charge in [-0.3, -0.25) is 10.1 Å². The van der Waals surface area contributed by atoms with E-state index in [-0.39, 0.29) is 10.8 Å². The normalized spacial score (nSPS) is 10.6. The largest absolute Gasteiger partial charge is 0.270 e. The minimum absolute atomic E-state index is 0.0118. The van der Waals surface area contributed by atoms with Crippen LogP contribution in [0.4, 0.5) is 5.69 Å². The molecular formula is C10H8ClN3O2. The molecule has 0 atom stereocenters. The van der Waals surface area contributed by atoms with Gasteiger partial charge in [0.05, 0.1) is 10.4 Å². The molecule has 0 spiro atoms. The predicted octanol–water partition coefficient (Wildman–Crippen LogP) is 2.75. The third-order valence-corrected chi connectivity index (χ3v) is 2.49. The van der Waals surface area contributed by atoms with E-state index >= 15 is 0 Å². The van der Waals surface area contributed by atoms with Gasteiger partial charge in [-0.2, -0.15) is 0 Å². The second-order valence-electron chi connectivity index (χ2n) is 3.24. The number of hydrogen-bond acceptors (Lipinski definition) is 4. The molecule has 0 N–H and O–H groups in total. The minimum Gasteiger partial charge on any atom is -0.258 e. The van der Waals surface area contributed by atoms with Crippen molar-refractivity contribution in [1.82, 2.24) is 9.97 Å². The van der Waals surface area contributed by atoms with Crippen molar-refractivity contribution in [1.29, 1.82) is 0 Å². The molecule has 6 heteroatoms. The number of halogens is 1. The summed E-state index contributed by atoms with van der Waals surface area (Å²) in [4.78, 5) is 18.4. The molecule has 1 aromatic carbocycles. The number of hydrogen-bond donors (Lipinski definition) is 0. The number of fused-ring (bicyclic) bond motifs is 1. The lowest BCUT2D eigenvalue weighted by Gasteiger charge is -2.02. The van der Waals surface area contributed by atoms with Gasteiger partial charge in [-0.25, -0.2) is 9.97 Å². The summed E-state index contributed by atoms with van der Waals surface area (Å²) >= 11 is 5.94. The Morgan fingerprint density at radius 2 is 2.19 bits per heavy atom. The third-order valence-electron chi connectivity index (χ3n) is 2.21. The van der Waals surface area contributed by atoms with E-state index in [0.717, 1.165) is 0 Å². The number of non-ortho nitro benzene ring substituents is 1. The molecule has 0 radical (unpaired) electrons. The van der Waals surface area contributed by atoms with Crippen LogP contribution in [0, 0.1) is 10.1 Å². The average Bonchev–Trinajstić information content (AvgIpc) is 2.28. The third kappa shape index (κ3) is 1.81. The minimum atomic E-state index is -0.469. The number of nitro groups is 1. The highest BCUT2D eigenvalue weighted by Crippen LogP contribution is 2.24. The lowest BCUT2D eigenvalue weighted by Crippen LogP contribution is -1.95. The maximum absolute atomic E-state index is 10.6. The van der Waals surface area contributed by atoms with E-state index < -0.39 is 4.92 Å². The molecular weight excluding hydrogens is 230 g/mol. The van der Waals surface area contributed by atoms with E-state index in [2.05, 4.69) is 9.97 Å². The highest BCUT2D eigenvalue weighted by atomic mass is 35.5. The summed E-state index contributed by atoms with van der Waals surface area (Å²) in [5.41, 5.74) is 0.615. The quantitative estimate of drug-likeness (QED) is 0.458. The Labute approximate surface area is 96.2 Å². The van der Waals surface area contributed by atoms with Crippen LogP contribution in [0.2, 0.25) is 5.15 Å². The van der Waals surface area contributed by atoms with E-state index in [1.807, 2.05) is 6.92 Å². The monoisotopic (exact) mass is 237 g/mol. The molecule has 0 fully saturated rings. The Morgan fingerprint density at radius 3 is 2.81 bits per heavy atom. The van der Waals surface area contributed by atoms with Gasteiger partial charge in [-0.15, -0.1) is 0 Å². The molecule has 1 aromatic heterocycles. The average molecular weight is 238 g/mol. The Hall–Kier alpha value is -1.75. The molecule has 16 heavy (non-hydrogen) atoms. The van der Waals surface area contributed by atoms with Crippen LogP contribution in [-0.4, -0.2) is 14.9 Å². The zero-order valence-corrected chi connectivity index (χ0v) is 9.23. The van der Waals surface area contributed by atoms with Crippen molar-refractivity contribution in [3.63, 3.8) is 0 Å². The fourth-order valence-electron chi connectivity index (χ4n) is 1.40. The van der Waals surface area contributed by atoms with Crippen molar-refractivity contribution in [3.05, 3.63) is 39.3 Å². The first kappa shape index (κ1) is 10.8. The van der Waals surface area contributed by atoms with Crippen LogP contribution in [0.3, 0.4) is 0 Å². The Balaban J connectivity index is 2.70. The standard InChI is InChI=1S/C10H8ClN3O2/c1-2-9-12-8-4-3-6(14(15)16)5-7(8)10(11)13-9/h3-5H,2H2,1H3. The second-order valence-corrected chi connectivity index (χ2v) is 3.60. The highest BCUT2D eigenvalue weighted by molar-refractivity contribution is 6.34. The SMILES string of the molecule is CCc1nc(Cl)c2cc([N+](=O)[O-])ccc2n1. The van der Waals surface area contributed by atoms with Crippen molar-refractivity contribution in [3.8, 4) is 0 Å². The van der Waals surface area contributed by atoms with Gasteiger partial charge < -0.3 is 0 Å². The maximum atomic E-state index is 10.6. The van der Waals surface area contributed by atoms with Crippen molar-refractivity contribution < 1.29 is 4.92 Å². The van der Waals surface area contributed by atoms with Gasteiger partial charge in [-0.1, -0.05) is 18.5 Å². The van der Waals surface area contributed by atoms with Crippen molar-refractivity contribution in [2.45, 2.75) is 13.3 Å². The molecule has 0 unspecified atom stereocenters. The second kappa shape index (κ2) is 4.02. The van der Waals surface area contributed by atoms with Gasteiger partial charge in [0, 0.05) is 23.9 Å². The van der Waals surface area contributed by atoms with Crippen molar-refractivity contribution in [2.75, 3.05) is 0 Å². The summed E-state index contributed by atoms with van der Waals surface area (Å²) in [6, 6.07) is 4.38. The number of benzene rings is 1. The molecule has 0 aliphatic carbocycles. The topological polar surface area (TPSA) is 68.9 Å². The van der Waals surface area contributed by atoms with Crippen LogP contribution in [0.25, 0.3) is 10.9 Å². The molecule has 2 aromatic rings. The van der Waals surface area contributed by atoms with Crippen LogP contribution in [0.5, 0.6) is 0 Å². The Kier molecular flexibility index (Phi) is 2.70. The molecule has 5 nitrogen and oxygen atoms in total. The van der Waals surface area contributed by atoms with Crippen LogP contribution in [0.1, 0.15) is 12.7 Å². The van der Waals surface area contributed by atoms with Gasteiger partial charge in [0.25, 0.3) is 5.69 Å². The lowest BCUT2D eigenvalue weighted by molar-refractivity contribution is -0.384. The summed E-state index contributed by atoms with van der Waals surface area (Å²) in [6.07, 6.45) is 0.673. The zero-order chi connectivity index (χ0) is 11.7. The number of nitrogens with zero attached hydrogens (tertiary/aromatic N) is 3. The zero-order valence-electron chi connectivity index (χ0n) is 8.48. The van der Waals surface area contributed by atoms with Crippen LogP contribution >= 0.6 is 11.6 Å².